The van der Waals surface area contributed by atoms with Gasteiger partial charge in [0.2, 0.25) is 0 Å². The second-order valence-electron chi connectivity index (χ2n) is 14.4. The summed E-state index contributed by atoms with van der Waals surface area (Å²) < 4.78 is 58.2. The molecule has 6 aromatic rings. The highest BCUT2D eigenvalue weighted by Crippen LogP contribution is 2.34. The molecule has 0 atom stereocenters. The third-order valence-corrected chi connectivity index (χ3v) is 13.3. The molecular formula is C49H49BrN4O6S2. The number of Topliss-reactive ketones (excluding diaryl/α,β-unsaturated/α-hetero) is 2. The van der Waals surface area contributed by atoms with Crippen LogP contribution >= 0.6 is 15.9 Å². The molecule has 8 rings (SSSR count). The second kappa shape index (κ2) is 20.7. The van der Waals surface area contributed by atoms with Gasteiger partial charge in [0.25, 0.3) is 20.0 Å². The van der Waals surface area contributed by atoms with Gasteiger partial charge in [0.1, 0.15) is 9.79 Å². The summed E-state index contributed by atoms with van der Waals surface area (Å²) in [4.78, 5) is 25.9. The fraction of sp³-hybridized carbons (Fsp3) is 0.184. The fourth-order valence-corrected chi connectivity index (χ4v) is 10.1. The standard InChI is InChI=1S/C24H22N2O3S.C23H19BrN2O3S.2CH4/c1-17-12-14-21-23(16-17)30(28,29)26-24(25-21)22(27)15-13-20(18-8-4-2-5-9-18)19-10-6-3-7-11-19;24-18-11-13-20-22(15-18)30(28,29)26-23(25-20)21(27)14-12-19(16-7-3-1-4-8-16)17-9-5-2-6-10-17;;/h2-12,14,16,20H,13,15H2,1H3,(H,25,26);1-11,13,15,19H,12,14H2,(H,25,26);2*1H4. The summed E-state index contributed by atoms with van der Waals surface area (Å²) in [5.74, 6) is -0.839. The SMILES string of the molecule is C.C.Cc1ccc2c(c1)S(=O)(=O)N=C(C(=O)CCC(c1ccccc1)c1ccccc1)N2.O=C(CCC(c1ccccc1)c1ccccc1)C1=NS(=O)(=O)c2cc(Br)ccc2N1. The molecule has 2 aliphatic heterocycles. The van der Waals surface area contributed by atoms with Gasteiger partial charge in [-0.15, -0.1) is 8.80 Å². The van der Waals surface area contributed by atoms with Gasteiger partial charge in [-0.1, -0.05) is 158 Å². The van der Waals surface area contributed by atoms with Crippen LogP contribution in [0.4, 0.5) is 11.4 Å². The highest BCUT2D eigenvalue weighted by atomic mass is 79.9. The van der Waals surface area contributed by atoms with Gasteiger partial charge in [0.15, 0.2) is 23.2 Å². The summed E-state index contributed by atoms with van der Waals surface area (Å²) in [5.41, 5.74) is 6.01. The summed E-state index contributed by atoms with van der Waals surface area (Å²) in [7, 11) is -7.82. The summed E-state index contributed by atoms with van der Waals surface area (Å²) in [6.45, 7) is 1.81. The zero-order valence-electron chi connectivity index (χ0n) is 32.5. The maximum atomic E-state index is 12.9. The smallest absolute Gasteiger partial charge is 0.286 e. The van der Waals surface area contributed by atoms with E-state index in [0.29, 0.717) is 28.7 Å². The molecular weight excluding hydrogens is 885 g/mol. The van der Waals surface area contributed by atoms with Gasteiger partial charge in [-0.3, -0.25) is 9.59 Å². The Balaban J connectivity index is 0.000000227. The normalized spacial score (nSPS) is 14.1. The van der Waals surface area contributed by atoms with Gasteiger partial charge < -0.3 is 10.6 Å². The molecule has 0 fully saturated rings. The number of fused-ring (bicyclic) bond motifs is 2. The van der Waals surface area contributed by atoms with Gasteiger partial charge >= 0.3 is 0 Å². The highest BCUT2D eigenvalue weighted by molar-refractivity contribution is 9.10. The van der Waals surface area contributed by atoms with Crippen molar-refractivity contribution in [2.45, 2.75) is 69.1 Å². The molecule has 62 heavy (non-hydrogen) atoms. The molecule has 0 saturated heterocycles. The molecule has 320 valence electrons. The molecule has 0 spiro atoms. The number of hydrogen-bond donors (Lipinski definition) is 2. The number of sulfonamides is 2. The predicted molar refractivity (Wildman–Crippen MR) is 253 cm³/mol. The lowest BCUT2D eigenvalue weighted by atomic mass is 9.87. The van der Waals surface area contributed by atoms with Crippen molar-refractivity contribution < 1.29 is 26.4 Å². The van der Waals surface area contributed by atoms with Crippen LogP contribution in [0.1, 0.15) is 80.2 Å². The zero-order valence-corrected chi connectivity index (χ0v) is 35.8. The summed E-state index contributed by atoms with van der Waals surface area (Å²) in [6, 6.07) is 49.8. The van der Waals surface area contributed by atoms with E-state index in [-0.39, 0.29) is 72.6 Å². The maximum Gasteiger partial charge on any atom is 0.286 e. The van der Waals surface area contributed by atoms with Crippen LogP contribution in [0.2, 0.25) is 0 Å². The minimum atomic E-state index is -3.93. The first kappa shape index (κ1) is 47.0. The van der Waals surface area contributed by atoms with Crippen LogP contribution < -0.4 is 10.6 Å². The molecule has 0 bridgehead atoms. The highest BCUT2D eigenvalue weighted by Gasteiger charge is 2.30. The van der Waals surface area contributed by atoms with Gasteiger partial charge in [0.05, 0.1) is 11.4 Å². The van der Waals surface area contributed by atoms with Crippen molar-refractivity contribution in [3.05, 3.63) is 190 Å². The van der Waals surface area contributed by atoms with Crippen molar-refractivity contribution in [1.82, 2.24) is 0 Å². The van der Waals surface area contributed by atoms with Crippen LogP contribution in [0.15, 0.2) is 181 Å². The predicted octanol–water partition coefficient (Wildman–Crippen LogP) is 11.1. The fourth-order valence-electron chi connectivity index (χ4n) is 7.22. The summed E-state index contributed by atoms with van der Waals surface area (Å²) in [5, 5.41) is 5.79. The molecule has 0 aliphatic carbocycles. The molecule has 0 radical (unpaired) electrons. The number of amidine groups is 2. The number of carbonyl (C=O) groups is 2. The van der Waals surface area contributed by atoms with E-state index in [9.17, 15) is 26.4 Å². The minimum absolute atomic E-state index is 0. The van der Waals surface area contributed by atoms with Crippen molar-refractivity contribution in [3.8, 4) is 0 Å². The average molecular weight is 934 g/mol. The number of aryl methyl sites for hydroxylation is 1. The lowest BCUT2D eigenvalue weighted by Gasteiger charge is -2.20. The molecule has 2 heterocycles. The van der Waals surface area contributed by atoms with E-state index in [0.717, 1.165) is 27.8 Å². The van der Waals surface area contributed by atoms with Crippen molar-refractivity contribution in [3.63, 3.8) is 0 Å². The van der Waals surface area contributed by atoms with Gasteiger partial charge in [-0.25, -0.2) is 0 Å². The van der Waals surface area contributed by atoms with Crippen molar-refractivity contribution in [2.24, 2.45) is 8.80 Å². The third kappa shape index (κ3) is 11.3. The monoisotopic (exact) mass is 932 g/mol. The first-order valence-corrected chi connectivity index (χ1v) is 23.0. The molecule has 10 nitrogen and oxygen atoms in total. The third-order valence-electron chi connectivity index (χ3n) is 10.2. The maximum absolute atomic E-state index is 12.9. The van der Waals surface area contributed by atoms with Crippen LogP contribution in [-0.2, 0) is 29.6 Å². The molecule has 6 aromatic carbocycles. The minimum Gasteiger partial charge on any atom is -0.335 e. The van der Waals surface area contributed by atoms with Crippen LogP contribution in [-0.4, -0.2) is 40.1 Å². The van der Waals surface area contributed by atoms with E-state index >= 15 is 0 Å². The molecule has 0 amide bonds. The number of benzene rings is 6. The van der Waals surface area contributed by atoms with Crippen molar-refractivity contribution in [1.29, 1.82) is 0 Å². The summed E-state index contributed by atoms with van der Waals surface area (Å²) in [6.07, 6.45) is 1.44. The lowest BCUT2D eigenvalue weighted by molar-refractivity contribution is -0.113. The van der Waals surface area contributed by atoms with Crippen molar-refractivity contribution >= 4 is 70.6 Å². The van der Waals surface area contributed by atoms with Gasteiger partial charge in [-0.2, -0.15) is 16.8 Å². The number of nitrogens with zero attached hydrogens (tertiary/aromatic N) is 2. The Labute approximate surface area is 373 Å². The Morgan fingerprint density at radius 2 is 0.855 bits per heavy atom. The van der Waals surface area contributed by atoms with Crippen LogP contribution in [0, 0.1) is 6.92 Å². The molecule has 2 N–H and O–H groups in total. The molecule has 0 saturated carbocycles. The zero-order chi connectivity index (χ0) is 42.3. The van der Waals surface area contributed by atoms with Gasteiger partial charge in [0, 0.05) is 29.2 Å². The van der Waals surface area contributed by atoms with Crippen LogP contribution in [0.5, 0.6) is 0 Å². The molecule has 0 aromatic heterocycles. The Morgan fingerprint density at radius 1 is 0.516 bits per heavy atom. The lowest BCUT2D eigenvalue weighted by Crippen LogP contribution is -2.29. The Bertz CT molecular complexity index is 2530. The van der Waals surface area contributed by atoms with Crippen molar-refractivity contribution in [2.75, 3.05) is 10.6 Å². The number of hydrogen-bond acceptors (Lipinski definition) is 8. The number of carbonyl (C=O) groups excluding carboxylic acids is 2. The first-order chi connectivity index (χ1) is 28.9. The number of ketones is 2. The topological polar surface area (TPSA) is 151 Å². The van der Waals surface area contributed by atoms with E-state index in [1.54, 1.807) is 30.3 Å². The number of nitrogens with one attached hydrogen (secondary N) is 2. The number of rotatable bonds is 12. The average Bonchev–Trinajstić information content (AvgIpc) is 3.25. The van der Waals surface area contributed by atoms with E-state index in [2.05, 4.69) is 35.4 Å². The number of halogens is 1. The van der Waals surface area contributed by atoms with E-state index in [4.69, 9.17) is 0 Å². The Morgan fingerprint density at radius 3 is 1.23 bits per heavy atom. The Kier molecular flexibility index (Phi) is 15.7. The summed E-state index contributed by atoms with van der Waals surface area (Å²) >= 11 is 3.26. The molecule has 0 unspecified atom stereocenters. The van der Waals surface area contributed by atoms with E-state index in [1.807, 2.05) is 128 Å². The largest absolute Gasteiger partial charge is 0.335 e. The van der Waals surface area contributed by atoms with Crippen LogP contribution in [0.25, 0.3) is 0 Å². The quantitative estimate of drug-likeness (QED) is 0.123. The van der Waals surface area contributed by atoms with E-state index < -0.39 is 20.0 Å². The van der Waals surface area contributed by atoms with E-state index in [1.165, 1.54) is 6.07 Å². The number of anilines is 2. The Hall–Kier alpha value is -6.02. The first-order valence-electron chi connectivity index (χ1n) is 19.3. The van der Waals surface area contributed by atoms with Crippen LogP contribution in [0.3, 0.4) is 0 Å². The second-order valence-corrected chi connectivity index (χ2v) is 18.5. The molecule has 13 heteroatoms. The molecule has 2 aliphatic rings. The van der Waals surface area contributed by atoms with Gasteiger partial charge in [-0.05, 0) is 77.9 Å².